The molecule has 18 heavy (non-hydrogen) atoms. The largest absolute Gasteiger partial charge is 0.469 e. The molecule has 0 fully saturated rings. The van der Waals surface area contributed by atoms with E-state index in [1.165, 1.54) is 31.4 Å². The number of rotatable bonds is 6. The summed E-state index contributed by atoms with van der Waals surface area (Å²) >= 11 is 0. The van der Waals surface area contributed by atoms with Crippen molar-refractivity contribution in [3.63, 3.8) is 0 Å². The minimum atomic E-state index is -3.53. The summed E-state index contributed by atoms with van der Waals surface area (Å²) in [5.74, 6) is -1.16. The highest BCUT2D eigenvalue weighted by Gasteiger charge is 2.12. The van der Waals surface area contributed by atoms with Crippen molar-refractivity contribution in [3.8, 4) is 0 Å². The van der Waals surface area contributed by atoms with Gasteiger partial charge in [0, 0.05) is 6.54 Å². The zero-order chi connectivity index (χ0) is 13.6. The maximum Gasteiger partial charge on any atom is 0.306 e. The van der Waals surface area contributed by atoms with Gasteiger partial charge in [0.05, 0.1) is 19.3 Å². The molecular weight excluding hydrogens is 261 g/mol. The van der Waals surface area contributed by atoms with Gasteiger partial charge in [-0.2, -0.15) is 0 Å². The molecule has 0 amide bonds. The monoisotopic (exact) mass is 275 g/mol. The van der Waals surface area contributed by atoms with E-state index in [1.54, 1.807) is 0 Å². The molecule has 0 unspecified atom stereocenters. The van der Waals surface area contributed by atoms with Crippen molar-refractivity contribution in [1.82, 2.24) is 4.72 Å². The summed E-state index contributed by atoms with van der Waals surface area (Å²) in [5.41, 5.74) is 0.474. The first-order valence-electron chi connectivity index (χ1n) is 5.21. The minimum absolute atomic E-state index is 0.0177. The van der Waals surface area contributed by atoms with Gasteiger partial charge in [-0.15, -0.1) is 0 Å². The third-order valence-electron chi connectivity index (χ3n) is 2.15. The molecule has 0 radical (unpaired) electrons. The lowest BCUT2D eigenvalue weighted by atomic mass is 10.2. The second kappa shape index (κ2) is 6.46. The smallest absolute Gasteiger partial charge is 0.306 e. The Morgan fingerprint density at radius 3 is 2.50 bits per heavy atom. The van der Waals surface area contributed by atoms with Crippen molar-refractivity contribution in [2.45, 2.75) is 12.2 Å². The summed E-state index contributed by atoms with van der Waals surface area (Å²) < 4.78 is 42.5. The van der Waals surface area contributed by atoms with Crippen LogP contribution in [0.15, 0.2) is 24.3 Å². The third-order valence-corrected chi connectivity index (χ3v) is 3.51. The van der Waals surface area contributed by atoms with Crippen molar-refractivity contribution in [2.24, 2.45) is 0 Å². The minimum Gasteiger partial charge on any atom is -0.469 e. The Labute approximate surface area is 105 Å². The van der Waals surface area contributed by atoms with Gasteiger partial charge in [-0.25, -0.2) is 17.5 Å². The third kappa shape index (κ3) is 5.24. The SMILES string of the molecule is COC(=O)CCNS(=O)(=O)Cc1ccc(F)cc1. The van der Waals surface area contributed by atoms with Gasteiger partial charge in [-0.05, 0) is 17.7 Å². The number of hydrogen-bond acceptors (Lipinski definition) is 4. The number of benzene rings is 1. The van der Waals surface area contributed by atoms with Crippen molar-refractivity contribution < 1.29 is 22.3 Å². The second-order valence-corrected chi connectivity index (χ2v) is 5.41. The van der Waals surface area contributed by atoms with Gasteiger partial charge in [-0.1, -0.05) is 12.1 Å². The number of methoxy groups -OCH3 is 1. The number of carbonyl (C=O) groups is 1. The lowest BCUT2D eigenvalue weighted by Crippen LogP contribution is -2.27. The standard InChI is InChI=1S/C11H14FNO4S/c1-17-11(14)6-7-13-18(15,16)8-9-2-4-10(12)5-3-9/h2-5,13H,6-8H2,1H3. The van der Waals surface area contributed by atoms with Crippen molar-refractivity contribution in [1.29, 1.82) is 0 Å². The molecular formula is C11H14FNO4S. The summed E-state index contributed by atoms with van der Waals surface area (Å²) in [4.78, 5) is 10.8. The molecule has 0 atom stereocenters. The number of halogens is 1. The molecule has 0 heterocycles. The second-order valence-electron chi connectivity index (χ2n) is 3.61. The quantitative estimate of drug-likeness (QED) is 0.780. The summed E-state index contributed by atoms with van der Waals surface area (Å²) in [6.07, 6.45) is -0.0286. The predicted molar refractivity (Wildman–Crippen MR) is 63.7 cm³/mol. The molecule has 0 spiro atoms. The highest BCUT2D eigenvalue weighted by Crippen LogP contribution is 2.06. The molecule has 1 aromatic rings. The molecule has 0 aromatic heterocycles. The zero-order valence-corrected chi connectivity index (χ0v) is 10.7. The molecule has 0 saturated heterocycles. The topological polar surface area (TPSA) is 72.5 Å². The van der Waals surface area contributed by atoms with E-state index in [-0.39, 0.29) is 18.7 Å². The lowest BCUT2D eigenvalue weighted by molar-refractivity contribution is -0.140. The Hall–Kier alpha value is -1.47. The molecule has 7 heteroatoms. The van der Waals surface area contributed by atoms with Gasteiger partial charge in [0.1, 0.15) is 5.82 Å². The fraction of sp³-hybridized carbons (Fsp3) is 0.364. The fourth-order valence-electron chi connectivity index (χ4n) is 1.26. The van der Waals surface area contributed by atoms with Gasteiger partial charge in [-0.3, -0.25) is 4.79 Å². The maximum atomic E-state index is 12.6. The van der Waals surface area contributed by atoms with Crippen LogP contribution in [-0.4, -0.2) is 28.0 Å². The van der Waals surface area contributed by atoms with Crippen LogP contribution < -0.4 is 4.72 Å². The highest BCUT2D eigenvalue weighted by atomic mass is 32.2. The lowest BCUT2D eigenvalue weighted by Gasteiger charge is -2.06. The van der Waals surface area contributed by atoms with Crippen LogP contribution in [0.4, 0.5) is 4.39 Å². The Kier molecular flexibility index (Phi) is 5.24. The number of nitrogens with one attached hydrogen (secondary N) is 1. The van der Waals surface area contributed by atoms with Crippen molar-refractivity contribution in [3.05, 3.63) is 35.6 Å². The summed E-state index contributed by atoms with van der Waals surface area (Å²) in [6.45, 7) is -0.0177. The normalized spacial score (nSPS) is 11.2. The van der Waals surface area contributed by atoms with Crippen LogP contribution in [0.2, 0.25) is 0 Å². The van der Waals surface area contributed by atoms with Crippen LogP contribution >= 0.6 is 0 Å². The molecule has 1 N–H and O–H groups in total. The molecule has 1 aromatic carbocycles. The number of carbonyl (C=O) groups excluding carboxylic acids is 1. The van der Waals surface area contributed by atoms with E-state index in [1.807, 2.05) is 0 Å². The molecule has 1 rings (SSSR count). The molecule has 0 saturated carbocycles. The van der Waals surface area contributed by atoms with E-state index in [4.69, 9.17) is 0 Å². The first kappa shape index (κ1) is 14.6. The number of esters is 1. The van der Waals surface area contributed by atoms with E-state index in [9.17, 15) is 17.6 Å². The van der Waals surface area contributed by atoms with Crippen LogP contribution in [0.1, 0.15) is 12.0 Å². The van der Waals surface area contributed by atoms with Gasteiger partial charge in [0.25, 0.3) is 0 Å². The first-order chi connectivity index (χ1) is 8.43. The van der Waals surface area contributed by atoms with Crippen LogP contribution in [0.3, 0.4) is 0 Å². The number of ether oxygens (including phenoxy) is 1. The van der Waals surface area contributed by atoms with Crippen LogP contribution in [-0.2, 0) is 25.3 Å². The summed E-state index contributed by atoms with van der Waals surface area (Å²) in [5, 5.41) is 0. The Morgan fingerprint density at radius 2 is 1.94 bits per heavy atom. The molecule has 0 aliphatic carbocycles. The van der Waals surface area contributed by atoms with E-state index >= 15 is 0 Å². The fourth-order valence-corrected chi connectivity index (χ4v) is 2.41. The van der Waals surface area contributed by atoms with Crippen LogP contribution in [0, 0.1) is 5.82 Å². The maximum absolute atomic E-state index is 12.6. The van der Waals surface area contributed by atoms with Gasteiger partial charge < -0.3 is 4.74 Å². The van der Waals surface area contributed by atoms with Crippen molar-refractivity contribution in [2.75, 3.05) is 13.7 Å². The Balaban J connectivity index is 2.49. The molecule has 100 valence electrons. The van der Waals surface area contributed by atoms with E-state index in [0.717, 1.165) is 0 Å². The summed E-state index contributed by atoms with van der Waals surface area (Å²) in [7, 11) is -2.30. The summed E-state index contributed by atoms with van der Waals surface area (Å²) in [6, 6.07) is 5.18. The molecule has 0 bridgehead atoms. The Bertz CT molecular complexity index is 498. The molecule has 5 nitrogen and oxygen atoms in total. The Morgan fingerprint density at radius 1 is 1.33 bits per heavy atom. The van der Waals surface area contributed by atoms with Crippen LogP contribution in [0.25, 0.3) is 0 Å². The first-order valence-corrected chi connectivity index (χ1v) is 6.87. The van der Waals surface area contributed by atoms with E-state index in [2.05, 4.69) is 9.46 Å². The average molecular weight is 275 g/mol. The zero-order valence-electron chi connectivity index (χ0n) is 9.85. The average Bonchev–Trinajstić information content (AvgIpc) is 2.31. The van der Waals surface area contributed by atoms with E-state index in [0.29, 0.717) is 5.56 Å². The van der Waals surface area contributed by atoms with Gasteiger partial charge in [0.2, 0.25) is 10.0 Å². The van der Waals surface area contributed by atoms with Crippen molar-refractivity contribution >= 4 is 16.0 Å². The number of hydrogen-bond donors (Lipinski definition) is 1. The molecule has 0 aliphatic rings. The highest BCUT2D eigenvalue weighted by molar-refractivity contribution is 7.88. The predicted octanol–water partition coefficient (Wildman–Crippen LogP) is 0.808. The van der Waals surface area contributed by atoms with Gasteiger partial charge >= 0.3 is 5.97 Å². The van der Waals surface area contributed by atoms with Crippen LogP contribution in [0.5, 0.6) is 0 Å². The van der Waals surface area contributed by atoms with E-state index < -0.39 is 21.8 Å². The number of sulfonamides is 1. The molecule has 0 aliphatic heterocycles. The van der Waals surface area contributed by atoms with Gasteiger partial charge in [0.15, 0.2) is 0 Å².